The summed E-state index contributed by atoms with van der Waals surface area (Å²) in [6, 6.07) is 5.17. The Morgan fingerprint density at radius 3 is 2.64 bits per heavy atom. The van der Waals surface area contributed by atoms with Crippen molar-refractivity contribution in [3.8, 4) is 0 Å². The van der Waals surface area contributed by atoms with Gasteiger partial charge in [0.05, 0.1) is 11.9 Å². The molecule has 0 spiro atoms. The van der Waals surface area contributed by atoms with E-state index in [1.807, 2.05) is 0 Å². The topological polar surface area (TPSA) is 124 Å². The Hall–Kier alpha value is -1.72. The molecule has 1 unspecified atom stereocenters. The number of aromatic carboxylic acids is 1. The van der Waals surface area contributed by atoms with Crippen molar-refractivity contribution in [1.82, 2.24) is 4.90 Å². The summed E-state index contributed by atoms with van der Waals surface area (Å²) in [6.07, 6.45) is 2.81. The van der Waals surface area contributed by atoms with Crippen molar-refractivity contribution in [1.29, 1.82) is 0 Å². The maximum absolute atomic E-state index is 12.0. The van der Waals surface area contributed by atoms with Crippen molar-refractivity contribution in [3.63, 3.8) is 0 Å². The zero-order chi connectivity index (χ0) is 17.1. The molecule has 2 heterocycles. The van der Waals surface area contributed by atoms with Gasteiger partial charge in [-0.15, -0.1) is 0 Å². The van der Waals surface area contributed by atoms with Crippen LogP contribution in [0.2, 0.25) is 0 Å². The number of nitrogens with zero attached hydrogens (tertiary/aromatic N) is 4. The van der Waals surface area contributed by atoms with Crippen LogP contribution in [0.3, 0.4) is 0 Å². The third-order valence-corrected chi connectivity index (χ3v) is 3.50. The fourth-order valence-electron chi connectivity index (χ4n) is 2.28. The number of anilines is 1. The first-order chi connectivity index (χ1) is 11.5. The summed E-state index contributed by atoms with van der Waals surface area (Å²) >= 11 is 0. The average molecular weight is 366 g/mol. The average Bonchev–Trinajstić information content (AvgIpc) is 2.98. The van der Waals surface area contributed by atoms with Crippen molar-refractivity contribution in [3.05, 3.63) is 29.8 Å². The number of hydrogen-bond donors (Lipinski definition) is 2. The summed E-state index contributed by atoms with van der Waals surface area (Å²) in [5.41, 5.74) is 0.657. The fourth-order valence-corrected chi connectivity index (χ4v) is 2.28. The summed E-state index contributed by atoms with van der Waals surface area (Å²) in [5, 5.41) is 11.5. The summed E-state index contributed by atoms with van der Waals surface area (Å²) < 4.78 is 0. The molecule has 0 aliphatic carbocycles. The van der Waals surface area contributed by atoms with Gasteiger partial charge in [0.25, 0.3) is 5.91 Å². The van der Waals surface area contributed by atoms with E-state index in [1.54, 1.807) is 4.90 Å². The number of benzene rings is 1. The molecular weight excluding hydrogens is 353 g/mol. The maximum atomic E-state index is 12.0. The molecule has 25 heavy (non-hydrogen) atoms. The number of fused-ring (bicyclic) bond motifs is 1. The van der Waals surface area contributed by atoms with Crippen molar-refractivity contribution >= 4 is 93.4 Å². The Labute approximate surface area is 185 Å². The molecule has 1 radical (unpaired) electrons. The van der Waals surface area contributed by atoms with E-state index in [0.29, 0.717) is 18.1 Å². The standard InChI is InChI=1S/C15H13N5O4.K/c21-11(19-10-3-1-9(2-4-10)15(23)24)5-6-20-8-18-12-13(20)16-7-17-14(12)22;/h1-4,7-8,12H,5-6H2,(H,19,21)(H,23,24);. The predicted octanol–water partition coefficient (Wildman–Crippen LogP) is 0.0121. The number of amidine groups is 1. The second-order valence-corrected chi connectivity index (χ2v) is 5.11. The maximum Gasteiger partial charge on any atom is 0.335 e. The first kappa shape index (κ1) is 19.6. The zero-order valence-corrected chi connectivity index (χ0v) is 16.5. The Bertz CT molecular complexity index is 788. The van der Waals surface area contributed by atoms with Crippen LogP contribution < -0.4 is 5.32 Å². The molecule has 0 saturated heterocycles. The third kappa shape index (κ3) is 4.67. The zero-order valence-electron chi connectivity index (χ0n) is 13.4. The summed E-state index contributed by atoms with van der Waals surface area (Å²) in [5.74, 6) is -1.18. The second-order valence-electron chi connectivity index (χ2n) is 5.11. The van der Waals surface area contributed by atoms with E-state index in [4.69, 9.17) is 5.11 Å². The Morgan fingerprint density at radius 2 is 1.96 bits per heavy atom. The van der Waals surface area contributed by atoms with E-state index < -0.39 is 12.0 Å². The van der Waals surface area contributed by atoms with Gasteiger partial charge in [-0.05, 0) is 24.3 Å². The third-order valence-electron chi connectivity index (χ3n) is 3.50. The molecule has 2 N–H and O–H groups in total. The summed E-state index contributed by atoms with van der Waals surface area (Å²) in [4.78, 5) is 47.6. The van der Waals surface area contributed by atoms with Crippen LogP contribution in [0.1, 0.15) is 16.8 Å². The van der Waals surface area contributed by atoms with Crippen LogP contribution in [-0.4, -0.2) is 110 Å². The van der Waals surface area contributed by atoms with Crippen molar-refractivity contribution in [2.24, 2.45) is 15.0 Å². The predicted molar refractivity (Wildman–Crippen MR) is 92.3 cm³/mol. The van der Waals surface area contributed by atoms with Crippen LogP contribution in [0.15, 0.2) is 39.2 Å². The van der Waals surface area contributed by atoms with Gasteiger partial charge in [-0.1, -0.05) is 0 Å². The number of rotatable bonds is 5. The molecule has 9 nitrogen and oxygen atoms in total. The van der Waals surface area contributed by atoms with Gasteiger partial charge in [-0.25, -0.2) is 9.79 Å². The SMILES string of the molecule is O=C(CCN1C=NC2C(=O)N=CN=C21)Nc1ccc(C(=O)O)cc1.[K]. The molecule has 0 fully saturated rings. The van der Waals surface area contributed by atoms with Gasteiger partial charge in [0.2, 0.25) is 5.91 Å². The van der Waals surface area contributed by atoms with Gasteiger partial charge >= 0.3 is 5.97 Å². The van der Waals surface area contributed by atoms with Crippen LogP contribution in [0.4, 0.5) is 5.69 Å². The number of amides is 2. The quantitative estimate of drug-likeness (QED) is 0.711. The molecule has 2 amide bonds. The minimum absolute atomic E-state index is 0. The molecule has 0 saturated carbocycles. The van der Waals surface area contributed by atoms with Gasteiger partial charge in [-0.2, -0.15) is 4.99 Å². The van der Waals surface area contributed by atoms with Gasteiger partial charge in [-0.3, -0.25) is 14.6 Å². The molecule has 1 aromatic rings. The Morgan fingerprint density at radius 1 is 1.24 bits per heavy atom. The van der Waals surface area contributed by atoms with Gasteiger partial charge in [0, 0.05) is 70.0 Å². The first-order valence-corrected chi connectivity index (χ1v) is 7.12. The van der Waals surface area contributed by atoms with E-state index in [0.717, 1.165) is 0 Å². The molecule has 10 heteroatoms. The molecule has 2 aliphatic rings. The monoisotopic (exact) mass is 366 g/mol. The van der Waals surface area contributed by atoms with E-state index in [2.05, 4.69) is 20.3 Å². The van der Waals surface area contributed by atoms with Gasteiger partial charge < -0.3 is 15.3 Å². The van der Waals surface area contributed by atoms with Gasteiger partial charge in [0.1, 0.15) is 12.2 Å². The summed E-state index contributed by atoms with van der Waals surface area (Å²) in [6.45, 7) is 0.318. The second kappa shape index (κ2) is 8.58. The smallest absolute Gasteiger partial charge is 0.335 e. The largest absolute Gasteiger partial charge is 0.478 e. The van der Waals surface area contributed by atoms with Crippen molar-refractivity contribution in [2.45, 2.75) is 12.5 Å². The summed E-state index contributed by atoms with van der Waals surface area (Å²) in [7, 11) is 0. The molecule has 1 aromatic carbocycles. The molecule has 3 rings (SSSR count). The van der Waals surface area contributed by atoms with Crippen LogP contribution in [0, 0.1) is 0 Å². The molecule has 0 bridgehead atoms. The van der Waals surface area contributed by atoms with Crippen LogP contribution >= 0.6 is 0 Å². The van der Waals surface area contributed by atoms with Crippen molar-refractivity contribution in [2.75, 3.05) is 11.9 Å². The number of carboxylic acid groups (broad SMARTS) is 1. The molecule has 2 aliphatic heterocycles. The van der Waals surface area contributed by atoms with Crippen molar-refractivity contribution < 1.29 is 19.5 Å². The molecule has 1 atom stereocenters. The van der Waals surface area contributed by atoms with E-state index in [1.165, 1.54) is 36.9 Å². The number of nitrogens with one attached hydrogen (secondary N) is 1. The molecule has 123 valence electrons. The minimum Gasteiger partial charge on any atom is -0.478 e. The number of aliphatic imine (C=N–C) groups is 3. The van der Waals surface area contributed by atoms with E-state index >= 15 is 0 Å². The minimum atomic E-state index is -1.03. The van der Waals surface area contributed by atoms with Crippen LogP contribution in [0.25, 0.3) is 0 Å². The van der Waals surface area contributed by atoms with Crippen LogP contribution in [-0.2, 0) is 9.59 Å². The first-order valence-electron chi connectivity index (χ1n) is 7.12. The Kier molecular flexibility index (Phi) is 6.73. The Balaban J connectivity index is 0.00000225. The number of hydrogen-bond acceptors (Lipinski definition) is 6. The van der Waals surface area contributed by atoms with E-state index in [9.17, 15) is 14.4 Å². The normalized spacial score (nSPS) is 17.6. The number of carbonyl (C=O) groups is 3. The fraction of sp³-hybridized carbons (Fsp3) is 0.200. The van der Waals surface area contributed by atoms with Crippen LogP contribution in [0.5, 0.6) is 0 Å². The van der Waals surface area contributed by atoms with E-state index in [-0.39, 0.29) is 75.2 Å². The number of carboxylic acids is 1. The molecular formula is C15H13KN5O4. The molecule has 0 aromatic heterocycles. The van der Waals surface area contributed by atoms with Gasteiger partial charge in [0.15, 0.2) is 6.04 Å². The number of carbonyl (C=O) groups excluding carboxylic acids is 2.